The van der Waals surface area contributed by atoms with Crippen molar-refractivity contribution in [1.82, 2.24) is 9.97 Å². The minimum Gasteiger partial charge on any atom is -0.755 e. The Morgan fingerprint density at radius 1 is 0.895 bits per heavy atom. The van der Waals surface area contributed by atoms with Gasteiger partial charge in [0, 0.05) is 65.8 Å². The number of benzene rings is 4. The number of esters is 1. The Labute approximate surface area is 350 Å². The summed E-state index contributed by atoms with van der Waals surface area (Å²) in [5.41, 5.74) is 4.25. The van der Waals surface area contributed by atoms with Crippen LogP contribution in [0.25, 0.3) is 21.9 Å². The van der Waals surface area contributed by atoms with Gasteiger partial charge >= 0.3 is 5.97 Å². The molecule has 0 aliphatic carbocycles. The number of rotatable bonds is 20. The molecule has 1 N–H and O–H groups in total. The summed E-state index contributed by atoms with van der Waals surface area (Å²) in [6.07, 6.45) is 2.40. The molecule has 1 fully saturated rings. The molecule has 1 aliphatic heterocycles. The van der Waals surface area contributed by atoms with Gasteiger partial charge in [-0.2, -0.15) is 4.98 Å². The molecule has 4 aromatic carbocycles. The third-order valence-electron chi connectivity index (χ3n) is 9.72. The number of hydrogen-bond donors (Lipinski definition) is 1. The van der Waals surface area contributed by atoms with Crippen molar-refractivity contribution in [2.45, 2.75) is 18.4 Å². The second-order valence-corrected chi connectivity index (χ2v) is 15.3. The number of aromatic nitrogens is 2. The molecule has 13 nitrogen and oxygen atoms in total. The third-order valence-corrected chi connectivity index (χ3v) is 10.9. The van der Waals surface area contributed by atoms with Crippen LogP contribution in [0.1, 0.15) is 17.9 Å². The normalized spacial score (nSPS) is 15.8. The topological polar surface area (TPSA) is 142 Å². The zero-order valence-electron chi connectivity index (χ0n) is 32.3. The first-order chi connectivity index (χ1) is 27.8. The number of carbonyl (C=O) groups is 1. The Morgan fingerprint density at radius 2 is 1.56 bits per heavy atom. The van der Waals surface area contributed by atoms with E-state index < -0.39 is 17.3 Å². The fraction of sp³-hybridized carbons (Fsp3) is 0.357. The summed E-state index contributed by atoms with van der Waals surface area (Å²) in [4.78, 5) is 27.3. The van der Waals surface area contributed by atoms with Crippen LogP contribution in [-0.2, 0) is 35.0 Å². The van der Waals surface area contributed by atoms with Crippen LogP contribution < -0.4 is 19.4 Å². The van der Waals surface area contributed by atoms with Gasteiger partial charge in [-0.15, -0.1) is 0 Å². The highest BCUT2D eigenvalue weighted by Gasteiger charge is 2.42. The Hall–Kier alpha value is -4.39. The average Bonchev–Trinajstić information content (AvgIpc) is 3.68. The average molecular weight is 908 g/mol. The molecule has 2 heterocycles. The van der Waals surface area contributed by atoms with E-state index in [1.807, 2.05) is 103 Å². The van der Waals surface area contributed by atoms with Crippen LogP contribution in [0, 0.1) is 0 Å². The van der Waals surface area contributed by atoms with Gasteiger partial charge < -0.3 is 38.6 Å². The predicted octanol–water partition coefficient (Wildman–Crippen LogP) is 6.73. The molecule has 5 aromatic rings. The van der Waals surface area contributed by atoms with Gasteiger partial charge in [-0.25, -0.2) is 9.78 Å². The Bertz CT molecular complexity index is 2110. The third kappa shape index (κ3) is 10.4. The number of nitrogens with one attached hydrogen (secondary N) is 1. The predicted molar refractivity (Wildman–Crippen MR) is 234 cm³/mol. The highest BCUT2D eigenvalue weighted by molar-refractivity contribution is 14.1. The van der Waals surface area contributed by atoms with Crippen molar-refractivity contribution in [3.8, 4) is 11.1 Å². The molecule has 302 valence electrons. The van der Waals surface area contributed by atoms with Gasteiger partial charge in [0.05, 0.1) is 69.4 Å². The smallest absolute Gasteiger partial charge is 0.329 e. The summed E-state index contributed by atoms with van der Waals surface area (Å²) >= 11 is -0.402. The SMILES string of the molecule is COC(=O)C1C(c2ccccc2)CCN1c1nc(NCCOCCOCCOCCI)ncc1-c1cccc(N(c2cccc3c(N(C)C)cccc23)S(=O)[O-])c1. The lowest BCUT2D eigenvalue weighted by Crippen LogP contribution is -2.40. The molecule has 3 unspecified atom stereocenters. The van der Waals surface area contributed by atoms with Gasteiger partial charge in [0.25, 0.3) is 0 Å². The molecule has 1 saturated heterocycles. The molecule has 57 heavy (non-hydrogen) atoms. The van der Waals surface area contributed by atoms with Crippen LogP contribution in [0.5, 0.6) is 0 Å². The number of hydrogen-bond acceptors (Lipinski definition) is 12. The molecule has 0 amide bonds. The monoisotopic (exact) mass is 907 g/mol. The molecule has 15 heteroatoms. The lowest BCUT2D eigenvalue weighted by molar-refractivity contribution is -0.142. The Balaban J connectivity index is 1.31. The first-order valence-corrected chi connectivity index (χ1v) is 21.4. The summed E-state index contributed by atoms with van der Waals surface area (Å²) in [5, 5.41) is 4.98. The van der Waals surface area contributed by atoms with Crippen molar-refractivity contribution < 1.29 is 32.5 Å². The second-order valence-electron chi connectivity index (χ2n) is 13.5. The van der Waals surface area contributed by atoms with Crippen molar-refractivity contribution in [2.24, 2.45) is 0 Å². The van der Waals surface area contributed by atoms with E-state index in [-0.39, 0.29) is 11.9 Å². The van der Waals surface area contributed by atoms with Crippen molar-refractivity contribution in [1.29, 1.82) is 0 Å². The number of fused-ring (bicyclic) bond motifs is 1. The summed E-state index contributed by atoms with van der Waals surface area (Å²) in [6, 6.07) is 28.0. The van der Waals surface area contributed by atoms with E-state index >= 15 is 0 Å². The van der Waals surface area contributed by atoms with Gasteiger partial charge in [0.15, 0.2) is 0 Å². The van der Waals surface area contributed by atoms with E-state index in [0.717, 1.165) is 26.5 Å². The summed E-state index contributed by atoms with van der Waals surface area (Å²) in [7, 11) is 5.31. The standard InChI is InChI=1S/C42H49IN6O7S/c1-47(2)37-16-8-15-35-34(37)14-9-17-38(35)49(57(51)52)32-13-7-12-31(28-32)36-29-45-42(44-20-23-55-25-27-56-26-24-54-22-19-43)46-40(36)48-21-18-33(39(48)41(50)53-3)30-10-5-4-6-11-30/h4-17,28-29,33,39H,18-27H2,1-3H3,(H,51,52)(H,44,45,46)/p-1. The maximum absolute atomic E-state index is 13.6. The van der Waals surface area contributed by atoms with Gasteiger partial charge in [-0.3, -0.25) is 8.51 Å². The number of methoxy groups -OCH3 is 1. The quantitative estimate of drug-likeness (QED) is 0.0291. The number of halogens is 1. The van der Waals surface area contributed by atoms with Crippen LogP contribution in [-0.4, -0.2) is 109 Å². The summed E-state index contributed by atoms with van der Waals surface area (Å²) in [5.74, 6) is 0.364. The Kier molecular flexibility index (Phi) is 15.5. The molecule has 6 rings (SSSR count). The highest BCUT2D eigenvalue weighted by atomic mass is 127. The summed E-state index contributed by atoms with van der Waals surface area (Å²) in [6.45, 7) is 4.04. The lowest BCUT2D eigenvalue weighted by atomic mass is 9.91. The molecule has 1 aliphatic rings. The van der Waals surface area contributed by atoms with E-state index in [9.17, 15) is 13.6 Å². The molecule has 3 atom stereocenters. The number of alkyl halides is 1. The highest BCUT2D eigenvalue weighted by Crippen LogP contribution is 2.42. The number of anilines is 5. The molecule has 1 aromatic heterocycles. The fourth-order valence-corrected chi connectivity index (χ4v) is 8.07. The van der Waals surface area contributed by atoms with Crippen molar-refractivity contribution in [3.63, 3.8) is 0 Å². The van der Waals surface area contributed by atoms with Crippen LogP contribution >= 0.6 is 22.6 Å². The van der Waals surface area contributed by atoms with Crippen molar-refractivity contribution in [3.05, 3.63) is 103 Å². The second kappa shape index (κ2) is 20.9. The van der Waals surface area contributed by atoms with Crippen LogP contribution in [0.2, 0.25) is 0 Å². The van der Waals surface area contributed by atoms with Crippen molar-refractivity contribution >= 4 is 79.4 Å². The lowest BCUT2D eigenvalue weighted by Gasteiger charge is -2.30. The minimum atomic E-state index is -2.67. The van der Waals surface area contributed by atoms with E-state index in [4.69, 9.17) is 23.9 Å². The van der Waals surface area contributed by atoms with Crippen molar-refractivity contribution in [2.75, 3.05) is 97.8 Å². The largest absolute Gasteiger partial charge is 0.755 e. The van der Waals surface area contributed by atoms with E-state index in [0.29, 0.717) is 93.4 Å². The maximum atomic E-state index is 13.6. The molecule has 0 saturated carbocycles. The van der Waals surface area contributed by atoms with Gasteiger partial charge in [0.2, 0.25) is 5.95 Å². The van der Waals surface area contributed by atoms with Gasteiger partial charge in [0.1, 0.15) is 11.9 Å². The molecule has 0 bridgehead atoms. The van der Waals surface area contributed by atoms with Crippen LogP contribution in [0.15, 0.2) is 97.2 Å². The van der Waals surface area contributed by atoms with Gasteiger partial charge in [-0.05, 0) is 41.8 Å². The first kappa shape index (κ1) is 42.2. The van der Waals surface area contributed by atoms with Gasteiger partial charge in [-0.1, -0.05) is 89.3 Å². The fourth-order valence-electron chi connectivity index (χ4n) is 7.15. The molecular weight excluding hydrogens is 859 g/mol. The van der Waals surface area contributed by atoms with E-state index in [1.54, 1.807) is 18.3 Å². The van der Waals surface area contributed by atoms with E-state index in [1.165, 1.54) is 11.4 Å². The molecule has 0 radical (unpaired) electrons. The minimum absolute atomic E-state index is 0.144. The molecule has 0 spiro atoms. The zero-order chi connectivity index (χ0) is 40.1. The number of ether oxygens (including phenoxy) is 4. The summed E-state index contributed by atoms with van der Waals surface area (Å²) < 4.78 is 50.6. The first-order valence-electron chi connectivity index (χ1n) is 18.8. The van der Waals surface area contributed by atoms with E-state index in [2.05, 4.69) is 32.9 Å². The number of nitrogens with zero attached hydrogens (tertiary/aromatic N) is 5. The van der Waals surface area contributed by atoms with Crippen LogP contribution in [0.3, 0.4) is 0 Å². The maximum Gasteiger partial charge on any atom is 0.329 e. The molecular formula is C42H48IN6O7S-. The zero-order valence-corrected chi connectivity index (χ0v) is 35.3. The number of carbonyl (C=O) groups excluding carboxylic acids is 1. The van der Waals surface area contributed by atoms with Crippen LogP contribution in [0.4, 0.5) is 28.8 Å². The Morgan fingerprint density at radius 3 is 2.25 bits per heavy atom.